The van der Waals surface area contributed by atoms with Crippen LogP contribution in [0.5, 0.6) is 0 Å². The minimum atomic E-state index is -2.59. The van der Waals surface area contributed by atoms with E-state index in [-0.39, 0.29) is 49.1 Å². The molecule has 5 heterocycles. The third kappa shape index (κ3) is 9.03. The van der Waals surface area contributed by atoms with E-state index in [0.717, 1.165) is 77.4 Å². The molecular weight excluding hydrogens is 1140 g/mol. The maximum Gasteiger partial charge on any atom is 0.140 e. The van der Waals surface area contributed by atoms with Gasteiger partial charge in [-0.05, 0) is 120 Å². The first-order valence-electron chi connectivity index (χ1n) is 29.3. The van der Waals surface area contributed by atoms with E-state index in [0.29, 0.717) is 45.5 Å². The van der Waals surface area contributed by atoms with Crippen LogP contribution in [0.1, 0.15) is 121 Å². The fourth-order valence-corrected chi connectivity index (χ4v) is 11.1. The Morgan fingerprint density at radius 3 is 1.76 bits per heavy atom. The van der Waals surface area contributed by atoms with Crippen molar-refractivity contribution in [2.24, 2.45) is 0 Å². The monoisotopic (exact) mass is 1210 g/mol. The van der Waals surface area contributed by atoms with E-state index in [9.17, 15) is 4.39 Å². The first-order chi connectivity index (χ1) is 39.7. The van der Waals surface area contributed by atoms with Gasteiger partial charge in [0, 0.05) is 78.6 Å². The van der Waals surface area contributed by atoms with Gasteiger partial charge in [-0.1, -0.05) is 139 Å². The molecule has 0 saturated carbocycles. The molecule has 5 aromatic heterocycles. The number of benzene rings is 8. The van der Waals surface area contributed by atoms with Crippen molar-refractivity contribution in [3.63, 3.8) is 0 Å². The molecule has 0 amide bonds. The Morgan fingerprint density at radius 1 is 0.500 bits per heavy atom. The number of furan rings is 2. The number of aryl methyl sites for hydroxylation is 2. The fraction of sp³-hybridized carbons (Fsp3) is 0.203. The summed E-state index contributed by atoms with van der Waals surface area (Å²) in [6.45, 7) is 12.5. The van der Waals surface area contributed by atoms with Gasteiger partial charge in [0.2, 0.25) is 0 Å². The van der Waals surface area contributed by atoms with Crippen molar-refractivity contribution in [2.75, 3.05) is 0 Å². The topological polar surface area (TPSA) is 74.8 Å². The van der Waals surface area contributed by atoms with E-state index in [2.05, 4.69) is 124 Å². The number of fused-ring (bicyclic) bond motifs is 8. The van der Waals surface area contributed by atoms with Gasteiger partial charge in [0.05, 0.1) is 39.3 Å². The van der Waals surface area contributed by atoms with Gasteiger partial charge in [-0.3, -0.25) is 19.3 Å². The molecule has 0 bridgehead atoms. The zero-order valence-electron chi connectivity index (χ0n) is 50.6. The molecule has 0 saturated heterocycles. The number of hydrogen-bond acceptors (Lipinski definition) is 5. The van der Waals surface area contributed by atoms with Crippen LogP contribution in [0.3, 0.4) is 0 Å². The average molecular weight is 1210 g/mol. The van der Waals surface area contributed by atoms with Gasteiger partial charge in [-0.15, -0.1) is 48.0 Å². The summed E-state index contributed by atoms with van der Waals surface area (Å²) in [5.74, 6) is 2.14. The molecule has 13 rings (SSSR count). The van der Waals surface area contributed by atoms with Crippen LogP contribution in [0, 0.1) is 31.7 Å². The third-order valence-electron chi connectivity index (χ3n) is 14.6. The van der Waals surface area contributed by atoms with Crippen LogP contribution in [-0.2, 0) is 20.1 Å². The maximum absolute atomic E-state index is 13.5. The number of rotatable bonds is 9. The maximum atomic E-state index is 13.5. The van der Waals surface area contributed by atoms with Crippen LogP contribution < -0.4 is 0 Å². The van der Waals surface area contributed by atoms with E-state index in [1.165, 1.54) is 46.6 Å². The van der Waals surface area contributed by atoms with Gasteiger partial charge in [0.15, 0.2) is 0 Å². The smallest absolute Gasteiger partial charge is 0.140 e. The molecule has 1 radical (unpaired) electrons. The Kier molecular flexibility index (Phi) is 12.0. The minimum Gasteiger partial charge on any atom is -0.501 e. The molecule has 0 spiro atoms. The first-order valence-corrected chi connectivity index (χ1v) is 26.3. The Hall–Kier alpha value is -7.97. The van der Waals surface area contributed by atoms with E-state index >= 15 is 0 Å². The van der Waals surface area contributed by atoms with Crippen molar-refractivity contribution in [3.8, 4) is 45.3 Å². The van der Waals surface area contributed by atoms with Crippen LogP contribution in [-0.4, -0.2) is 24.1 Å². The van der Waals surface area contributed by atoms with Crippen LogP contribution in [0.25, 0.3) is 111 Å². The zero-order valence-corrected chi connectivity index (χ0v) is 47.0. The fourth-order valence-electron chi connectivity index (χ4n) is 11.1. The predicted molar refractivity (Wildman–Crippen MR) is 314 cm³/mol. The number of halogens is 1. The van der Waals surface area contributed by atoms with Gasteiger partial charge >= 0.3 is 0 Å². The molecule has 0 aliphatic carbocycles. The second kappa shape index (κ2) is 20.8. The molecule has 0 N–H and O–H groups in total. The van der Waals surface area contributed by atoms with Gasteiger partial charge in [0.25, 0.3) is 0 Å². The predicted octanol–water partition coefficient (Wildman–Crippen LogP) is 19.1. The second-order valence-corrected chi connectivity index (χ2v) is 21.1. The van der Waals surface area contributed by atoms with E-state index in [1.54, 1.807) is 6.07 Å². The number of aromatic nitrogens is 5. The number of para-hydroxylation sites is 6. The number of nitrogens with zero attached hydrogens (tertiary/aromatic N) is 5. The molecule has 78 heavy (non-hydrogen) atoms. The summed E-state index contributed by atoms with van der Waals surface area (Å²) in [5.41, 5.74) is 15.5. The summed E-state index contributed by atoms with van der Waals surface area (Å²) < 4.78 is 79.1. The zero-order chi connectivity index (χ0) is 58.4. The van der Waals surface area contributed by atoms with Crippen molar-refractivity contribution < 1.29 is 41.6 Å². The second-order valence-electron chi connectivity index (χ2n) is 21.1. The third-order valence-corrected chi connectivity index (χ3v) is 14.6. The Morgan fingerprint density at radius 2 is 1.12 bits per heavy atom. The molecule has 13 aromatic rings. The van der Waals surface area contributed by atoms with Gasteiger partial charge in [0.1, 0.15) is 16.7 Å². The molecule has 0 aliphatic rings. The number of imidazole rings is 2. The van der Waals surface area contributed by atoms with Gasteiger partial charge in [-0.25, -0.2) is 0 Å². The van der Waals surface area contributed by atoms with Crippen molar-refractivity contribution in [3.05, 3.63) is 209 Å². The van der Waals surface area contributed by atoms with Crippen LogP contribution >= 0.6 is 0 Å². The summed E-state index contributed by atoms with van der Waals surface area (Å²) in [6, 6.07) is 56.6. The Balaban J connectivity index is 0.000000214. The minimum absolute atomic E-state index is 0. The van der Waals surface area contributed by atoms with Crippen LogP contribution in [0.2, 0.25) is 0 Å². The molecule has 9 heteroatoms. The van der Waals surface area contributed by atoms with Crippen molar-refractivity contribution >= 4 is 65.9 Å². The molecule has 0 unspecified atom stereocenters. The van der Waals surface area contributed by atoms with Crippen molar-refractivity contribution in [1.82, 2.24) is 24.1 Å². The largest absolute Gasteiger partial charge is 0.501 e. The molecular formula is C69H60FIrN5O2-2. The molecule has 7 nitrogen and oxygen atoms in total. The summed E-state index contributed by atoms with van der Waals surface area (Å²) in [5, 5.41) is 3.87. The normalized spacial score (nSPS) is 13.3. The van der Waals surface area contributed by atoms with E-state index < -0.39 is 13.7 Å². The summed E-state index contributed by atoms with van der Waals surface area (Å²) in [6.07, 6.45) is 0. The molecule has 8 aromatic carbocycles. The summed E-state index contributed by atoms with van der Waals surface area (Å²) in [4.78, 5) is 14.1. The molecule has 391 valence electrons. The summed E-state index contributed by atoms with van der Waals surface area (Å²) in [7, 11) is 0. The van der Waals surface area contributed by atoms with E-state index in [1.807, 2.05) is 84.9 Å². The number of pyridine rings is 1. The van der Waals surface area contributed by atoms with E-state index in [4.69, 9.17) is 27.0 Å². The molecule has 0 atom stereocenters. The van der Waals surface area contributed by atoms with Gasteiger partial charge < -0.3 is 18.0 Å². The quantitative estimate of drug-likeness (QED) is 0.135. The summed E-state index contributed by atoms with van der Waals surface area (Å²) >= 11 is 0. The number of hydrogen-bond donors (Lipinski definition) is 0. The average Bonchev–Trinajstić information content (AvgIpc) is 1.74. The Labute approximate surface area is 476 Å². The molecule has 0 aliphatic heterocycles. The molecule has 0 fully saturated rings. The van der Waals surface area contributed by atoms with Crippen molar-refractivity contribution in [2.45, 2.75) is 92.8 Å². The SMILES string of the molecule is CC(C)c1cccc(C(C)C)c1-n1c(-c2[c-]cc(F)cc2)nc2ccccc21.[2H]C([2H])([2H])c1cc(-c2ccc3c(c2)oc2c(-c4nc5ccccc5n4-c4c(C(C)C)cc5c(oc6ccccc65)c4C(C)C)[c-]ccc23)cc(C([2H])([2H])[2H])n1.[Ir]. The van der Waals surface area contributed by atoms with Gasteiger partial charge in [-0.2, -0.15) is 0 Å². The van der Waals surface area contributed by atoms with Crippen molar-refractivity contribution in [1.29, 1.82) is 0 Å². The Bertz CT molecular complexity index is 4580. The first kappa shape index (κ1) is 45.1. The standard InChI is InChI=1S/C44H36N3O2.C25H24FN2.Ir/c1-24(2)34-23-35-30-12-7-10-17-38(30)48-43(35)40(25(3)4)41(34)47-37-16-9-8-15-36(37)46-44(47)33-14-11-13-32-31-19-18-28(22-39(31)49-42(32)33)29-20-26(5)45-27(6)21-29;1-16(2)20-8-7-9-21(17(3)4)24(20)28-23-11-6-5-10-22(23)27-25(28)18-12-14-19(26)15-13-18;/h7-13,15-25H,1-6H3;5-12,14-17H,1-4H3;/q2*-1;/i5D3,6D3;;. The van der Waals surface area contributed by atoms with Crippen LogP contribution in [0.15, 0.2) is 167 Å². The van der Waals surface area contributed by atoms with Crippen LogP contribution in [0.4, 0.5) is 4.39 Å².